The average Bonchev–Trinajstić information content (AvgIpc) is 2.71. The van der Waals surface area contributed by atoms with Crippen LogP contribution in [-0.2, 0) is 11.2 Å². The van der Waals surface area contributed by atoms with Crippen molar-refractivity contribution in [1.82, 2.24) is 4.90 Å². The van der Waals surface area contributed by atoms with Crippen LogP contribution in [0.4, 0.5) is 0 Å². The van der Waals surface area contributed by atoms with Crippen LogP contribution in [0.2, 0.25) is 0 Å². The summed E-state index contributed by atoms with van der Waals surface area (Å²) < 4.78 is 5.19. The lowest BCUT2D eigenvalue weighted by molar-refractivity contribution is -0.136. The van der Waals surface area contributed by atoms with E-state index >= 15 is 0 Å². The van der Waals surface area contributed by atoms with Crippen LogP contribution in [0.1, 0.15) is 31.2 Å². The summed E-state index contributed by atoms with van der Waals surface area (Å²) in [5.41, 5.74) is 0.986. The highest BCUT2D eigenvalue weighted by Gasteiger charge is 2.42. The van der Waals surface area contributed by atoms with Gasteiger partial charge in [0.25, 0.3) is 0 Å². The number of rotatable bonds is 3. The van der Waals surface area contributed by atoms with Crippen molar-refractivity contribution in [2.75, 3.05) is 7.11 Å². The maximum atomic E-state index is 12.5. The fourth-order valence-corrected chi connectivity index (χ4v) is 3.60. The van der Waals surface area contributed by atoms with Crippen LogP contribution in [0.25, 0.3) is 0 Å². The van der Waals surface area contributed by atoms with Gasteiger partial charge in [-0.2, -0.15) is 0 Å². The third-order valence-corrected chi connectivity index (χ3v) is 4.49. The molecule has 2 bridgehead atoms. The molecule has 2 unspecified atom stereocenters. The van der Waals surface area contributed by atoms with E-state index in [1.807, 2.05) is 29.2 Å². The number of piperidine rings is 1. The Hall–Kier alpha value is -1.55. The first-order valence-electron chi connectivity index (χ1n) is 7.29. The van der Waals surface area contributed by atoms with Crippen LogP contribution in [0.15, 0.2) is 24.3 Å². The van der Waals surface area contributed by atoms with Gasteiger partial charge in [0.15, 0.2) is 0 Å². The average molecular weight is 275 g/mol. The van der Waals surface area contributed by atoms with E-state index in [0.717, 1.165) is 37.0 Å². The number of aliphatic hydroxyl groups excluding tert-OH is 1. The second-order valence-electron chi connectivity index (χ2n) is 5.84. The molecule has 4 nitrogen and oxygen atoms in total. The first-order valence-corrected chi connectivity index (χ1v) is 7.29. The van der Waals surface area contributed by atoms with Gasteiger partial charge in [0.05, 0.1) is 19.6 Å². The standard InChI is InChI=1S/C16H21NO3/c1-20-15-4-2-3-11(7-15)8-16(19)17-12-5-6-13(17)10-14(18)9-12/h2-4,7,12-14,18H,5-6,8-10H2,1H3. The van der Waals surface area contributed by atoms with Crippen molar-refractivity contribution >= 4 is 5.91 Å². The zero-order valence-corrected chi connectivity index (χ0v) is 11.8. The van der Waals surface area contributed by atoms with Crippen LogP contribution in [0.3, 0.4) is 0 Å². The van der Waals surface area contributed by atoms with Crippen molar-refractivity contribution in [3.8, 4) is 5.75 Å². The molecular weight excluding hydrogens is 254 g/mol. The topological polar surface area (TPSA) is 49.8 Å². The molecule has 0 saturated carbocycles. The molecule has 4 heteroatoms. The van der Waals surface area contributed by atoms with Crippen LogP contribution < -0.4 is 4.74 Å². The third kappa shape index (κ3) is 2.52. The molecule has 1 aromatic rings. The largest absolute Gasteiger partial charge is 0.497 e. The van der Waals surface area contributed by atoms with Gasteiger partial charge in [-0.05, 0) is 43.4 Å². The number of aliphatic hydroxyl groups is 1. The Balaban J connectivity index is 1.70. The summed E-state index contributed by atoms with van der Waals surface area (Å²) in [5, 5.41) is 9.79. The molecule has 108 valence electrons. The summed E-state index contributed by atoms with van der Waals surface area (Å²) in [7, 11) is 1.63. The third-order valence-electron chi connectivity index (χ3n) is 4.49. The molecule has 0 spiro atoms. The van der Waals surface area contributed by atoms with Gasteiger partial charge in [-0.25, -0.2) is 0 Å². The van der Waals surface area contributed by atoms with Gasteiger partial charge in [0.2, 0.25) is 5.91 Å². The highest BCUT2D eigenvalue weighted by molar-refractivity contribution is 5.80. The lowest BCUT2D eigenvalue weighted by Gasteiger charge is -2.37. The Bertz CT molecular complexity index is 488. The van der Waals surface area contributed by atoms with Gasteiger partial charge >= 0.3 is 0 Å². The number of hydrogen-bond acceptors (Lipinski definition) is 3. The minimum absolute atomic E-state index is 0.178. The first kappa shape index (κ1) is 13.4. The van der Waals surface area contributed by atoms with Gasteiger partial charge in [-0.3, -0.25) is 4.79 Å². The van der Waals surface area contributed by atoms with Crippen LogP contribution in [-0.4, -0.2) is 41.2 Å². The Morgan fingerprint density at radius 1 is 1.35 bits per heavy atom. The van der Waals surface area contributed by atoms with E-state index < -0.39 is 0 Å². The number of carbonyl (C=O) groups is 1. The van der Waals surface area contributed by atoms with Gasteiger partial charge < -0.3 is 14.7 Å². The maximum absolute atomic E-state index is 12.5. The van der Waals surface area contributed by atoms with Gasteiger partial charge in [0.1, 0.15) is 5.75 Å². The number of ether oxygens (including phenoxy) is 1. The molecule has 20 heavy (non-hydrogen) atoms. The Morgan fingerprint density at radius 3 is 2.70 bits per heavy atom. The smallest absolute Gasteiger partial charge is 0.227 e. The minimum Gasteiger partial charge on any atom is -0.497 e. The van der Waals surface area contributed by atoms with Gasteiger partial charge in [0, 0.05) is 12.1 Å². The van der Waals surface area contributed by atoms with Crippen LogP contribution >= 0.6 is 0 Å². The van der Waals surface area contributed by atoms with Gasteiger partial charge in [-0.15, -0.1) is 0 Å². The summed E-state index contributed by atoms with van der Waals surface area (Å²) in [6, 6.07) is 8.15. The second-order valence-corrected chi connectivity index (χ2v) is 5.84. The van der Waals surface area contributed by atoms with Crippen molar-refractivity contribution in [3.05, 3.63) is 29.8 Å². The number of hydrogen-bond donors (Lipinski definition) is 1. The van der Waals surface area contributed by atoms with E-state index in [0.29, 0.717) is 6.42 Å². The molecule has 2 saturated heterocycles. The number of fused-ring (bicyclic) bond motifs is 2. The van der Waals surface area contributed by atoms with Crippen molar-refractivity contribution in [1.29, 1.82) is 0 Å². The molecule has 2 aliphatic rings. The quantitative estimate of drug-likeness (QED) is 0.914. The molecule has 0 radical (unpaired) electrons. The summed E-state index contributed by atoms with van der Waals surface area (Å²) >= 11 is 0. The van der Waals surface area contributed by atoms with Crippen molar-refractivity contribution < 1.29 is 14.6 Å². The van der Waals surface area contributed by atoms with E-state index in [2.05, 4.69) is 0 Å². The Labute approximate surface area is 119 Å². The first-order chi connectivity index (χ1) is 9.67. The zero-order valence-electron chi connectivity index (χ0n) is 11.8. The van der Waals surface area contributed by atoms with Crippen molar-refractivity contribution in [3.63, 3.8) is 0 Å². The predicted octanol–water partition coefficient (Wildman–Crippen LogP) is 1.75. The molecule has 0 aliphatic carbocycles. The predicted molar refractivity (Wildman–Crippen MR) is 75.6 cm³/mol. The molecule has 3 rings (SSSR count). The minimum atomic E-state index is -0.228. The van der Waals surface area contributed by atoms with Gasteiger partial charge in [-0.1, -0.05) is 12.1 Å². The summed E-state index contributed by atoms with van der Waals surface area (Å²) in [6.07, 6.45) is 3.73. The lowest BCUT2D eigenvalue weighted by Crippen LogP contribution is -2.48. The number of benzene rings is 1. The Kier molecular flexibility index (Phi) is 3.66. The van der Waals surface area contributed by atoms with E-state index in [9.17, 15) is 9.90 Å². The number of carbonyl (C=O) groups excluding carboxylic acids is 1. The van der Waals surface area contributed by atoms with E-state index in [1.165, 1.54) is 0 Å². The zero-order chi connectivity index (χ0) is 14.1. The van der Waals surface area contributed by atoms with Crippen LogP contribution in [0.5, 0.6) is 5.75 Å². The molecular formula is C16H21NO3. The number of nitrogens with zero attached hydrogens (tertiary/aromatic N) is 1. The molecule has 2 heterocycles. The van der Waals surface area contributed by atoms with Crippen molar-refractivity contribution in [2.24, 2.45) is 0 Å². The monoisotopic (exact) mass is 275 g/mol. The Morgan fingerprint density at radius 2 is 2.05 bits per heavy atom. The number of methoxy groups -OCH3 is 1. The molecule has 2 fully saturated rings. The fourth-order valence-electron chi connectivity index (χ4n) is 3.60. The van der Waals surface area contributed by atoms with E-state index in [4.69, 9.17) is 4.74 Å². The molecule has 2 atom stereocenters. The second kappa shape index (κ2) is 5.44. The normalized spacial score (nSPS) is 28.5. The van der Waals surface area contributed by atoms with Crippen LogP contribution in [0, 0.1) is 0 Å². The fraction of sp³-hybridized carbons (Fsp3) is 0.562. The number of amides is 1. The lowest BCUT2D eigenvalue weighted by atomic mass is 9.99. The highest BCUT2D eigenvalue weighted by Crippen LogP contribution is 2.36. The SMILES string of the molecule is COc1cccc(CC(=O)N2C3CCC2CC(O)C3)c1. The molecule has 1 N–H and O–H groups in total. The molecule has 1 amide bonds. The van der Waals surface area contributed by atoms with E-state index in [1.54, 1.807) is 7.11 Å². The summed E-state index contributed by atoms with van der Waals surface area (Å²) in [4.78, 5) is 14.6. The summed E-state index contributed by atoms with van der Waals surface area (Å²) in [6.45, 7) is 0. The molecule has 0 aromatic heterocycles. The molecule has 1 aromatic carbocycles. The molecule has 2 aliphatic heterocycles. The van der Waals surface area contributed by atoms with E-state index in [-0.39, 0.29) is 24.1 Å². The maximum Gasteiger partial charge on any atom is 0.227 e. The summed E-state index contributed by atoms with van der Waals surface area (Å²) in [5.74, 6) is 0.963. The highest BCUT2D eigenvalue weighted by atomic mass is 16.5. The van der Waals surface area contributed by atoms with Crippen molar-refractivity contribution in [2.45, 2.75) is 50.3 Å².